The number of aryl methyl sites for hydroxylation is 1. The van der Waals surface area contributed by atoms with Gasteiger partial charge in [0.2, 0.25) is 0 Å². The standard InChI is InChI=1S/C13H13NO2/c1-8-4-3-5-10-6-11-7-16-9(2)14(11)13(15)12(8)10/h3-6,9H,7H2,1-2H3. The van der Waals surface area contributed by atoms with Gasteiger partial charge in [-0.2, -0.15) is 0 Å². The number of fused-ring (bicyclic) bond motifs is 2. The fraction of sp³-hybridized carbons (Fsp3) is 0.308. The average molecular weight is 215 g/mol. The topological polar surface area (TPSA) is 31.2 Å². The molecule has 82 valence electrons. The monoisotopic (exact) mass is 215 g/mol. The van der Waals surface area contributed by atoms with E-state index in [-0.39, 0.29) is 11.8 Å². The zero-order valence-electron chi connectivity index (χ0n) is 9.36. The van der Waals surface area contributed by atoms with Gasteiger partial charge < -0.3 is 4.74 Å². The van der Waals surface area contributed by atoms with Crippen LogP contribution in [-0.2, 0) is 11.3 Å². The number of rotatable bonds is 0. The van der Waals surface area contributed by atoms with E-state index in [1.165, 1.54) is 0 Å². The molecule has 16 heavy (non-hydrogen) atoms. The van der Waals surface area contributed by atoms with E-state index in [9.17, 15) is 4.79 Å². The predicted octanol–water partition coefficient (Wildman–Crippen LogP) is 2.36. The van der Waals surface area contributed by atoms with Crippen LogP contribution in [0.2, 0.25) is 0 Å². The number of hydrogen-bond donors (Lipinski definition) is 0. The van der Waals surface area contributed by atoms with E-state index in [0.29, 0.717) is 6.61 Å². The first-order valence-corrected chi connectivity index (χ1v) is 5.44. The van der Waals surface area contributed by atoms with Crippen LogP contribution in [0.3, 0.4) is 0 Å². The van der Waals surface area contributed by atoms with Crippen LogP contribution in [0.25, 0.3) is 10.8 Å². The highest BCUT2D eigenvalue weighted by molar-refractivity contribution is 5.85. The molecule has 1 aliphatic heterocycles. The van der Waals surface area contributed by atoms with Gasteiger partial charge in [-0.25, -0.2) is 0 Å². The summed E-state index contributed by atoms with van der Waals surface area (Å²) in [6.07, 6.45) is -0.147. The van der Waals surface area contributed by atoms with Crippen LogP contribution in [0.4, 0.5) is 0 Å². The first kappa shape index (κ1) is 9.60. The smallest absolute Gasteiger partial charge is 0.261 e. The molecule has 0 bridgehead atoms. The van der Waals surface area contributed by atoms with Crippen molar-refractivity contribution in [3.05, 3.63) is 45.9 Å². The number of aromatic nitrogens is 1. The fourth-order valence-corrected chi connectivity index (χ4v) is 2.39. The van der Waals surface area contributed by atoms with Gasteiger partial charge in [-0.15, -0.1) is 0 Å². The molecule has 1 atom stereocenters. The van der Waals surface area contributed by atoms with Crippen LogP contribution >= 0.6 is 0 Å². The number of benzene rings is 1. The van der Waals surface area contributed by atoms with E-state index in [1.807, 2.05) is 38.1 Å². The molecule has 2 aromatic rings. The van der Waals surface area contributed by atoms with E-state index < -0.39 is 0 Å². The molecule has 0 radical (unpaired) electrons. The first-order chi connectivity index (χ1) is 7.68. The summed E-state index contributed by atoms with van der Waals surface area (Å²) in [7, 11) is 0. The van der Waals surface area contributed by atoms with Gasteiger partial charge in [0.15, 0.2) is 0 Å². The van der Waals surface area contributed by atoms with Crippen molar-refractivity contribution in [2.24, 2.45) is 0 Å². The molecule has 0 fully saturated rings. The minimum Gasteiger partial charge on any atom is -0.352 e. The molecular weight excluding hydrogens is 202 g/mol. The molecule has 0 aliphatic carbocycles. The van der Waals surface area contributed by atoms with Gasteiger partial charge in [-0.1, -0.05) is 18.2 Å². The highest BCUT2D eigenvalue weighted by atomic mass is 16.5. The Balaban J connectivity index is 2.50. The number of pyridine rings is 1. The fourth-order valence-electron chi connectivity index (χ4n) is 2.39. The van der Waals surface area contributed by atoms with Crippen LogP contribution in [0.5, 0.6) is 0 Å². The highest BCUT2D eigenvalue weighted by Gasteiger charge is 2.21. The lowest BCUT2D eigenvalue weighted by Gasteiger charge is -2.10. The van der Waals surface area contributed by atoms with Crippen LogP contribution in [-0.4, -0.2) is 4.57 Å². The largest absolute Gasteiger partial charge is 0.352 e. The molecule has 1 aliphatic rings. The van der Waals surface area contributed by atoms with Crippen molar-refractivity contribution < 1.29 is 4.74 Å². The minimum atomic E-state index is -0.147. The maximum Gasteiger partial charge on any atom is 0.261 e. The van der Waals surface area contributed by atoms with Crippen LogP contribution < -0.4 is 5.56 Å². The quantitative estimate of drug-likeness (QED) is 0.675. The van der Waals surface area contributed by atoms with Gasteiger partial charge in [-0.05, 0) is 30.9 Å². The molecule has 0 amide bonds. The summed E-state index contributed by atoms with van der Waals surface area (Å²) in [5.74, 6) is 0. The normalized spacial score (nSPS) is 19.0. The molecule has 3 nitrogen and oxygen atoms in total. The van der Waals surface area contributed by atoms with Crippen molar-refractivity contribution >= 4 is 10.8 Å². The molecular formula is C13H13NO2. The second-order valence-corrected chi connectivity index (χ2v) is 4.26. The zero-order chi connectivity index (χ0) is 11.3. The summed E-state index contributed by atoms with van der Waals surface area (Å²) in [4.78, 5) is 12.3. The number of ether oxygens (including phenoxy) is 1. The molecule has 0 saturated carbocycles. The summed E-state index contributed by atoms with van der Waals surface area (Å²) >= 11 is 0. The Labute approximate surface area is 93.3 Å². The Morgan fingerprint density at radius 1 is 1.44 bits per heavy atom. The van der Waals surface area contributed by atoms with E-state index in [0.717, 1.165) is 22.0 Å². The third-order valence-corrected chi connectivity index (χ3v) is 3.21. The molecule has 3 heteroatoms. The summed E-state index contributed by atoms with van der Waals surface area (Å²) in [5.41, 5.74) is 2.06. The van der Waals surface area contributed by atoms with Gasteiger partial charge in [0.1, 0.15) is 6.23 Å². The number of hydrogen-bond acceptors (Lipinski definition) is 2. The average Bonchev–Trinajstić information content (AvgIpc) is 2.60. The Morgan fingerprint density at radius 3 is 3.06 bits per heavy atom. The summed E-state index contributed by atoms with van der Waals surface area (Å²) in [5, 5.41) is 1.82. The van der Waals surface area contributed by atoms with Gasteiger partial charge in [0.25, 0.3) is 5.56 Å². The van der Waals surface area contributed by atoms with Crippen LogP contribution in [0.15, 0.2) is 29.1 Å². The molecule has 0 N–H and O–H groups in total. The van der Waals surface area contributed by atoms with Crippen molar-refractivity contribution in [2.45, 2.75) is 26.7 Å². The van der Waals surface area contributed by atoms with E-state index in [2.05, 4.69) is 0 Å². The summed E-state index contributed by atoms with van der Waals surface area (Å²) < 4.78 is 7.22. The van der Waals surface area contributed by atoms with Gasteiger partial charge in [-0.3, -0.25) is 9.36 Å². The van der Waals surface area contributed by atoms with Crippen LogP contribution in [0.1, 0.15) is 24.4 Å². The Kier molecular flexibility index (Phi) is 1.91. The Bertz CT molecular complexity index is 628. The lowest BCUT2D eigenvalue weighted by molar-refractivity contribution is 0.0459. The third-order valence-electron chi connectivity index (χ3n) is 3.21. The summed E-state index contributed by atoms with van der Waals surface area (Å²) in [6, 6.07) is 7.98. The molecule has 3 rings (SSSR count). The van der Waals surface area contributed by atoms with E-state index in [4.69, 9.17) is 4.74 Å². The van der Waals surface area contributed by atoms with Crippen molar-refractivity contribution in [1.29, 1.82) is 0 Å². The zero-order valence-corrected chi connectivity index (χ0v) is 9.36. The molecule has 1 unspecified atom stereocenters. The van der Waals surface area contributed by atoms with Crippen molar-refractivity contribution in [3.8, 4) is 0 Å². The van der Waals surface area contributed by atoms with Crippen LogP contribution in [0, 0.1) is 6.92 Å². The third kappa shape index (κ3) is 1.15. The Morgan fingerprint density at radius 2 is 2.25 bits per heavy atom. The first-order valence-electron chi connectivity index (χ1n) is 5.44. The highest BCUT2D eigenvalue weighted by Crippen LogP contribution is 2.24. The Hall–Kier alpha value is -1.61. The molecule has 1 aromatic carbocycles. The van der Waals surface area contributed by atoms with Crippen molar-refractivity contribution in [3.63, 3.8) is 0 Å². The van der Waals surface area contributed by atoms with E-state index >= 15 is 0 Å². The number of nitrogens with zero attached hydrogens (tertiary/aromatic N) is 1. The van der Waals surface area contributed by atoms with E-state index in [1.54, 1.807) is 4.57 Å². The molecule has 1 aromatic heterocycles. The lowest BCUT2D eigenvalue weighted by Crippen LogP contribution is -2.22. The summed E-state index contributed by atoms with van der Waals surface area (Å²) in [6.45, 7) is 4.40. The lowest BCUT2D eigenvalue weighted by atomic mass is 10.1. The van der Waals surface area contributed by atoms with Gasteiger partial charge in [0.05, 0.1) is 17.7 Å². The second-order valence-electron chi connectivity index (χ2n) is 4.26. The molecule has 0 spiro atoms. The van der Waals surface area contributed by atoms with Crippen molar-refractivity contribution in [1.82, 2.24) is 4.57 Å². The molecule has 0 saturated heterocycles. The second kappa shape index (κ2) is 3.19. The molecule has 2 heterocycles. The maximum atomic E-state index is 12.3. The van der Waals surface area contributed by atoms with Crippen molar-refractivity contribution in [2.75, 3.05) is 0 Å². The van der Waals surface area contributed by atoms with Gasteiger partial charge >= 0.3 is 0 Å². The SMILES string of the molecule is Cc1cccc2cc3n(c(=O)c12)C(C)OC3. The van der Waals surface area contributed by atoms with Gasteiger partial charge in [0, 0.05) is 0 Å². The predicted molar refractivity (Wildman–Crippen MR) is 62.4 cm³/mol. The maximum absolute atomic E-state index is 12.3. The minimum absolute atomic E-state index is 0.0654.